The third-order valence-electron chi connectivity index (χ3n) is 6.54. The highest BCUT2D eigenvalue weighted by atomic mass is 32.2. The summed E-state index contributed by atoms with van der Waals surface area (Å²) in [6, 6.07) is 6.57. The van der Waals surface area contributed by atoms with Crippen molar-refractivity contribution in [3.63, 3.8) is 0 Å². The van der Waals surface area contributed by atoms with Crippen LogP contribution in [-0.4, -0.2) is 29.8 Å². The van der Waals surface area contributed by atoms with Crippen LogP contribution < -0.4 is 4.72 Å². The second-order valence-electron chi connectivity index (χ2n) is 10.3. The number of nitrogens with one attached hydrogen (secondary N) is 1. The number of amides is 1. The molecule has 0 unspecified atom stereocenters. The summed E-state index contributed by atoms with van der Waals surface area (Å²) in [5.41, 5.74) is 0.0253. The van der Waals surface area contributed by atoms with Gasteiger partial charge in [0.15, 0.2) is 6.29 Å². The van der Waals surface area contributed by atoms with Crippen LogP contribution in [0.25, 0.3) is 0 Å². The minimum atomic E-state index is -0.323. The van der Waals surface area contributed by atoms with Gasteiger partial charge in [-0.2, -0.15) is 0 Å². The van der Waals surface area contributed by atoms with E-state index in [-0.39, 0.29) is 34.9 Å². The van der Waals surface area contributed by atoms with Crippen molar-refractivity contribution in [2.75, 3.05) is 7.11 Å². The number of carbonyl (C=O) groups excluding carboxylic acids is 1. The molecule has 1 rings (SSSR count). The van der Waals surface area contributed by atoms with Crippen LogP contribution in [0, 0.1) is 23.7 Å². The van der Waals surface area contributed by atoms with Crippen LogP contribution in [0.1, 0.15) is 103 Å². The average Bonchev–Trinajstić information content (AvgIpc) is 2.80. The van der Waals surface area contributed by atoms with Crippen molar-refractivity contribution < 1.29 is 19.4 Å². The molecular formula is C28H49NO4S. The zero-order valence-electron chi connectivity index (χ0n) is 22.5. The SMILES string of the molecule is CC[C@H](C)CCC[C@H](C)CCC[C@H](C)[C@@H](O[C@@H](CC(C)C)OC)SNC(=O)c1ccccc1O. The molecule has 0 heterocycles. The van der Waals surface area contributed by atoms with Gasteiger partial charge in [-0.3, -0.25) is 9.52 Å². The van der Waals surface area contributed by atoms with E-state index in [0.717, 1.165) is 31.1 Å². The van der Waals surface area contributed by atoms with Crippen molar-refractivity contribution in [3.8, 4) is 5.75 Å². The number of phenolic OH excluding ortho intramolecular Hbond substituents is 1. The Kier molecular flexibility index (Phi) is 15.6. The van der Waals surface area contributed by atoms with E-state index < -0.39 is 0 Å². The first-order valence-corrected chi connectivity index (χ1v) is 14.0. The van der Waals surface area contributed by atoms with Crippen molar-refractivity contribution in [3.05, 3.63) is 29.8 Å². The van der Waals surface area contributed by atoms with Crippen LogP contribution in [0.3, 0.4) is 0 Å². The quantitative estimate of drug-likeness (QED) is 0.161. The molecule has 0 saturated heterocycles. The molecule has 0 saturated carbocycles. The lowest BCUT2D eigenvalue weighted by Gasteiger charge is -2.29. The van der Waals surface area contributed by atoms with Crippen LogP contribution in [0.15, 0.2) is 24.3 Å². The summed E-state index contributed by atoms with van der Waals surface area (Å²) >= 11 is 1.28. The fourth-order valence-electron chi connectivity index (χ4n) is 3.94. The van der Waals surface area contributed by atoms with E-state index in [1.165, 1.54) is 50.1 Å². The van der Waals surface area contributed by atoms with Gasteiger partial charge in [0.1, 0.15) is 11.2 Å². The number of aromatic hydroxyl groups is 1. The van der Waals surface area contributed by atoms with E-state index in [1.54, 1.807) is 25.3 Å². The lowest BCUT2D eigenvalue weighted by atomic mass is 9.92. The van der Waals surface area contributed by atoms with Crippen LogP contribution in [0.4, 0.5) is 0 Å². The van der Waals surface area contributed by atoms with Crippen molar-refractivity contribution in [2.24, 2.45) is 23.7 Å². The molecule has 1 aromatic carbocycles. The molecule has 5 atom stereocenters. The molecule has 5 nitrogen and oxygen atoms in total. The smallest absolute Gasteiger partial charge is 0.264 e. The topological polar surface area (TPSA) is 67.8 Å². The molecule has 1 amide bonds. The zero-order chi connectivity index (χ0) is 25.5. The molecule has 196 valence electrons. The molecule has 6 heteroatoms. The minimum absolute atomic E-state index is 0.0250. The number of methoxy groups -OCH3 is 1. The summed E-state index contributed by atoms with van der Waals surface area (Å²) < 4.78 is 14.8. The van der Waals surface area contributed by atoms with Crippen molar-refractivity contribution >= 4 is 17.9 Å². The largest absolute Gasteiger partial charge is 0.507 e. The highest BCUT2D eigenvalue weighted by Crippen LogP contribution is 2.29. The van der Waals surface area contributed by atoms with Crippen LogP contribution in [0.2, 0.25) is 0 Å². The Balaban J connectivity index is 2.64. The molecule has 0 radical (unpaired) electrons. The standard InChI is InChI=1S/C28H49NO4S/c1-8-21(4)13-11-14-22(5)15-12-16-23(6)28(33-26(32-7)19-20(2)3)34-29-27(31)24-17-9-10-18-25(24)30/h9-10,17-18,20-23,26,28,30H,8,11-16,19H2,1-7H3,(H,29,31)/t21-,22-,23-,26-,28-/m0/s1. The van der Waals surface area contributed by atoms with Crippen molar-refractivity contribution in [1.29, 1.82) is 0 Å². The summed E-state index contributed by atoms with van der Waals surface area (Å²) in [5.74, 6) is 1.90. The monoisotopic (exact) mass is 495 g/mol. The van der Waals surface area contributed by atoms with Crippen LogP contribution in [0.5, 0.6) is 5.75 Å². The third kappa shape index (κ3) is 12.5. The first-order chi connectivity index (χ1) is 16.2. The maximum Gasteiger partial charge on any atom is 0.264 e. The molecule has 1 aromatic rings. The number of hydrogen-bond donors (Lipinski definition) is 2. The van der Waals surface area contributed by atoms with Gasteiger partial charge in [0, 0.05) is 13.5 Å². The highest BCUT2D eigenvalue weighted by molar-refractivity contribution is 7.98. The average molecular weight is 496 g/mol. The van der Waals surface area contributed by atoms with Crippen molar-refractivity contribution in [1.82, 2.24) is 4.72 Å². The van der Waals surface area contributed by atoms with E-state index in [4.69, 9.17) is 9.47 Å². The molecule has 0 bridgehead atoms. The van der Waals surface area contributed by atoms with Crippen molar-refractivity contribution in [2.45, 2.75) is 105 Å². The number of hydrogen-bond acceptors (Lipinski definition) is 5. The summed E-state index contributed by atoms with van der Waals surface area (Å²) in [5, 5.41) is 9.99. The fourth-order valence-corrected chi connectivity index (χ4v) is 4.82. The fraction of sp³-hybridized carbons (Fsp3) is 0.750. The van der Waals surface area contributed by atoms with Crippen LogP contribution >= 0.6 is 11.9 Å². The summed E-state index contributed by atoms with van der Waals surface area (Å²) in [6.45, 7) is 13.4. The van der Waals surface area contributed by atoms with Gasteiger partial charge in [-0.15, -0.1) is 0 Å². The Labute approximate surface area is 212 Å². The second kappa shape index (κ2) is 17.2. The predicted molar refractivity (Wildman–Crippen MR) is 144 cm³/mol. The van der Waals surface area contributed by atoms with Crippen LogP contribution in [-0.2, 0) is 9.47 Å². The summed E-state index contributed by atoms with van der Waals surface area (Å²) in [4.78, 5) is 12.6. The molecule has 0 fully saturated rings. The Morgan fingerprint density at radius 1 is 1.00 bits per heavy atom. The molecule has 0 spiro atoms. The number of para-hydroxylation sites is 1. The maximum absolute atomic E-state index is 12.6. The molecule has 0 aromatic heterocycles. The number of ether oxygens (including phenoxy) is 2. The second-order valence-corrected chi connectivity index (χ2v) is 11.2. The maximum atomic E-state index is 12.6. The zero-order valence-corrected chi connectivity index (χ0v) is 23.3. The Hall–Kier alpha value is -1.24. The highest BCUT2D eigenvalue weighted by Gasteiger charge is 2.25. The molecule has 0 aliphatic carbocycles. The molecule has 0 aliphatic heterocycles. The van der Waals surface area contributed by atoms with Gasteiger partial charge < -0.3 is 14.6 Å². The van der Waals surface area contributed by atoms with Gasteiger partial charge >= 0.3 is 0 Å². The molecule has 2 N–H and O–H groups in total. The number of rotatable bonds is 18. The first kappa shape index (κ1) is 30.8. The number of phenols is 1. The van der Waals surface area contributed by atoms with E-state index in [9.17, 15) is 9.90 Å². The molecular weight excluding hydrogens is 446 g/mol. The van der Waals surface area contributed by atoms with Gasteiger partial charge in [0.2, 0.25) is 0 Å². The van der Waals surface area contributed by atoms with Gasteiger partial charge in [0.25, 0.3) is 5.91 Å². The summed E-state index contributed by atoms with van der Waals surface area (Å²) in [7, 11) is 1.67. The lowest BCUT2D eigenvalue weighted by Crippen LogP contribution is -2.31. The Morgan fingerprint density at radius 2 is 1.62 bits per heavy atom. The van der Waals surface area contributed by atoms with E-state index in [2.05, 4.69) is 46.3 Å². The van der Waals surface area contributed by atoms with E-state index in [1.807, 2.05) is 0 Å². The third-order valence-corrected chi connectivity index (χ3v) is 7.65. The Bertz CT molecular complexity index is 684. The van der Waals surface area contributed by atoms with E-state index in [0.29, 0.717) is 5.92 Å². The van der Waals surface area contributed by atoms with Gasteiger partial charge in [-0.05, 0) is 54.2 Å². The Morgan fingerprint density at radius 3 is 2.21 bits per heavy atom. The number of carbonyl (C=O) groups is 1. The van der Waals surface area contributed by atoms with Gasteiger partial charge in [0.05, 0.1) is 5.56 Å². The number of benzene rings is 1. The summed E-state index contributed by atoms with van der Waals surface area (Å²) in [6.07, 6.45) is 9.06. The first-order valence-electron chi connectivity index (χ1n) is 13.1. The lowest BCUT2D eigenvalue weighted by molar-refractivity contribution is -0.151. The van der Waals surface area contributed by atoms with Gasteiger partial charge in [-0.1, -0.05) is 92.2 Å². The molecule has 34 heavy (non-hydrogen) atoms. The normalized spacial score (nSPS) is 16.1. The van der Waals surface area contributed by atoms with E-state index >= 15 is 0 Å². The van der Waals surface area contributed by atoms with Gasteiger partial charge in [-0.25, -0.2) is 0 Å². The minimum Gasteiger partial charge on any atom is -0.507 e. The predicted octanol–water partition coefficient (Wildman–Crippen LogP) is 7.79. The molecule has 0 aliphatic rings.